The molecule has 2 heterocycles. The summed E-state index contributed by atoms with van der Waals surface area (Å²) in [7, 11) is 1.54. The van der Waals surface area contributed by atoms with Crippen molar-refractivity contribution >= 4 is 21.9 Å². The number of rotatable bonds is 4. The Balaban J connectivity index is 2.04. The molecule has 0 saturated carbocycles. The van der Waals surface area contributed by atoms with Crippen molar-refractivity contribution in [1.82, 2.24) is 20.1 Å². The Morgan fingerprint density at radius 1 is 1.47 bits per heavy atom. The Morgan fingerprint density at radius 3 is 2.94 bits per heavy atom. The molecule has 8 heteroatoms. The van der Waals surface area contributed by atoms with E-state index in [0.717, 1.165) is 0 Å². The third-order valence-electron chi connectivity index (χ3n) is 1.87. The van der Waals surface area contributed by atoms with Crippen molar-refractivity contribution in [2.75, 3.05) is 12.4 Å². The lowest BCUT2D eigenvalue weighted by Crippen LogP contribution is -2.04. The number of nitrogens with one attached hydrogen (secondary N) is 1. The molecule has 1 N–H and O–H groups in total. The lowest BCUT2D eigenvalue weighted by atomic mass is 10.6. The summed E-state index contributed by atoms with van der Waals surface area (Å²) in [5, 5.41) is 6.63. The highest BCUT2D eigenvalue weighted by atomic mass is 79.9. The molecule has 0 fully saturated rings. The zero-order valence-electron chi connectivity index (χ0n) is 9.27. The van der Waals surface area contributed by atoms with E-state index in [4.69, 9.17) is 9.26 Å². The average Bonchev–Trinajstić information content (AvgIpc) is 2.74. The van der Waals surface area contributed by atoms with Gasteiger partial charge in [0.2, 0.25) is 17.7 Å². The van der Waals surface area contributed by atoms with Crippen LogP contribution in [0.2, 0.25) is 0 Å². The minimum Gasteiger partial charge on any atom is -0.480 e. The smallest absolute Gasteiger partial charge is 0.246 e. The summed E-state index contributed by atoms with van der Waals surface area (Å²) in [5.41, 5.74) is 0. The highest BCUT2D eigenvalue weighted by Crippen LogP contribution is 2.21. The fraction of sp³-hybridized carbons (Fsp3) is 0.333. The van der Waals surface area contributed by atoms with Crippen LogP contribution < -0.4 is 10.1 Å². The SMILES string of the molecule is COc1nc(NCc2nc(C)no2)ncc1Br. The summed E-state index contributed by atoms with van der Waals surface area (Å²) < 4.78 is 10.7. The maximum atomic E-state index is 5.05. The number of ether oxygens (including phenoxy) is 1. The topological polar surface area (TPSA) is 86.0 Å². The van der Waals surface area contributed by atoms with Crippen molar-refractivity contribution in [2.24, 2.45) is 0 Å². The molecule has 0 amide bonds. The Morgan fingerprint density at radius 2 is 2.29 bits per heavy atom. The molecule has 0 saturated heterocycles. The molecule has 0 aliphatic heterocycles. The maximum Gasteiger partial charge on any atom is 0.246 e. The van der Waals surface area contributed by atoms with Crippen LogP contribution in [0.3, 0.4) is 0 Å². The third-order valence-corrected chi connectivity index (χ3v) is 2.42. The Hall–Kier alpha value is -1.70. The molecule has 0 unspecified atom stereocenters. The highest BCUT2D eigenvalue weighted by molar-refractivity contribution is 9.10. The minimum absolute atomic E-state index is 0.367. The summed E-state index contributed by atoms with van der Waals surface area (Å²) in [4.78, 5) is 12.3. The second-order valence-electron chi connectivity index (χ2n) is 3.14. The summed E-state index contributed by atoms with van der Waals surface area (Å²) in [6, 6.07) is 0. The van der Waals surface area contributed by atoms with Crippen LogP contribution in [0, 0.1) is 6.92 Å². The van der Waals surface area contributed by atoms with E-state index in [9.17, 15) is 0 Å². The van der Waals surface area contributed by atoms with Gasteiger partial charge in [-0.25, -0.2) is 4.98 Å². The first-order chi connectivity index (χ1) is 8.19. The Kier molecular flexibility index (Phi) is 3.52. The summed E-state index contributed by atoms with van der Waals surface area (Å²) >= 11 is 3.27. The van der Waals surface area contributed by atoms with Gasteiger partial charge in [0.25, 0.3) is 0 Å². The first-order valence-corrected chi connectivity index (χ1v) is 5.58. The van der Waals surface area contributed by atoms with Crippen LogP contribution in [0.25, 0.3) is 0 Å². The minimum atomic E-state index is 0.367. The van der Waals surface area contributed by atoms with E-state index in [1.165, 1.54) is 7.11 Å². The zero-order valence-corrected chi connectivity index (χ0v) is 10.9. The highest BCUT2D eigenvalue weighted by Gasteiger charge is 2.06. The van der Waals surface area contributed by atoms with E-state index >= 15 is 0 Å². The molecule has 0 spiro atoms. The van der Waals surface area contributed by atoms with Gasteiger partial charge in [0.1, 0.15) is 0 Å². The molecule has 0 aliphatic carbocycles. The van der Waals surface area contributed by atoms with Crippen LogP contribution in [0.5, 0.6) is 5.88 Å². The van der Waals surface area contributed by atoms with E-state index in [1.807, 2.05) is 0 Å². The molecule has 17 heavy (non-hydrogen) atoms. The quantitative estimate of drug-likeness (QED) is 0.916. The number of hydrogen-bond acceptors (Lipinski definition) is 7. The predicted octanol–water partition coefficient (Wildman–Crippen LogP) is 1.55. The van der Waals surface area contributed by atoms with Crippen LogP contribution in [0.1, 0.15) is 11.7 Å². The number of aryl methyl sites for hydroxylation is 1. The van der Waals surface area contributed by atoms with Crippen molar-refractivity contribution in [2.45, 2.75) is 13.5 Å². The lowest BCUT2D eigenvalue weighted by Gasteiger charge is -2.05. The largest absolute Gasteiger partial charge is 0.480 e. The first-order valence-electron chi connectivity index (χ1n) is 4.78. The van der Waals surface area contributed by atoms with E-state index in [2.05, 4.69) is 41.4 Å². The van der Waals surface area contributed by atoms with Gasteiger partial charge in [-0.15, -0.1) is 0 Å². The molecule has 2 aromatic heterocycles. The number of halogens is 1. The molecule has 2 aromatic rings. The van der Waals surface area contributed by atoms with Crippen LogP contribution in [-0.4, -0.2) is 27.2 Å². The third kappa shape index (κ3) is 2.90. The monoisotopic (exact) mass is 299 g/mol. The van der Waals surface area contributed by atoms with E-state index in [-0.39, 0.29) is 0 Å². The van der Waals surface area contributed by atoms with Crippen LogP contribution in [0.15, 0.2) is 15.2 Å². The van der Waals surface area contributed by atoms with Gasteiger partial charge in [0.15, 0.2) is 5.82 Å². The van der Waals surface area contributed by atoms with Gasteiger partial charge in [-0.05, 0) is 22.9 Å². The van der Waals surface area contributed by atoms with Gasteiger partial charge in [-0.3, -0.25) is 0 Å². The van der Waals surface area contributed by atoms with Gasteiger partial charge in [-0.2, -0.15) is 9.97 Å². The number of nitrogens with zero attached hydrogens (tertiary/aromatic N) is 4. The second-order valence-corrected chi connectivity index (χ2v) is 3.99. The fourth-order valence-corrected chi connectivity index (χ4v) is 1.50. The average molecular weight is 300 g/mol. The molecular weight excluding hydrogens is 290 g/mol. The molecule has 0 aliphatic rings. The molecule has 0 atom stereocenters. The standard InChI is InChI=1S/C9H10BrN5O2/c1-5-13-7(17-15-5)4-12-9-11-3-6(10)8(14-9)16-2/h3H,4H2,1-2H3,(H,11,12,14). The summed E-state index contributed by atoms with van der Waals surface area (Å²) in [6.45, 7) is 2.12. The molecule has 0 radical (unpaired) electrons. The van der Waals surface area contributed by atoms with Crippen molar-refractivity contribution in [3.63, 3.8) is 0 Å². The van der Waals surface area contributed by atoms with Gasteiger partial charge < -0.3 is 14.6 Å². The summed E-state index contributed by atoms with van der Waals surface area (Å²) in [6.07, 6.45) is 1.60. The van der Waals surface area contributed by atoms with Crippen LogP contribution in [0.4, 0.5) is 5.95 Å². The molecule has 0 bridgehead atoms. The zero-order chi connectivity index (χ0) is 12.3. The number of anilines is 1. The van der Waals surface area contributed by atoms with E-state index in [0.29, 0.717) is 34.6 Å². The van der Waals surface area contributed by atoms with Gasteiger partial charge >= 0.3 is 0 Å². The van der Waals surface area contributed by atoms with Gasteiger partial charge in [-0.1, -0.05) is 5.16 Å². The van der Waals surface area contributed by atoms with Crippen molar-refractivity contribution in [3.8, 4) is 5.88 Å². The Labute approximate surface area is 106 Å². The maximum absolute atomic E-state index is 5.05. The first kappa shape index (κ1) is 11.8. The van der Waals surface area contributed by atoms with E-state index in [1.54, 1.807) is 13.1 Å². The second kappa shape index (κ2) is 5.09. The molecule has 90 valence electrons. The normalized spacial score (nSPS) is 10.3. The van der Waals surface area contributed by atoms with Crippen LogP contribution in [-0.2, 0) is 6.54 Å². The number of hydrogen-bond donors (Lipinski definition) is 1. The van der Waals surface area contributed by atoms with Crippen LogP contribution >= 0.6 is 15.9 Å². The summed E-state index contributed by atoms with van der Waals surface area (Å²) in [5.74, 6) is 1.97. The van der Waals surface area contributed by atoms with Crippen molar-refractivity contribution < 1.29 is 9.26 Å². The van der Waals surface area contributed by atoms with Crippen molar-refractivity contribution in [3.05, 3.63) is 22.4 Å². The van der Waals surface area contributed by atoms with Gasteiger partial charge in [0.05, 0.1) is 24.3 Å². The van der Waals surface area contributed by atoms with E-state index < -0.39 is 0 Å². The molecule has 0 aromatic carbocycles. The van der Waals surface area contributed by atoms with Gasteiger partial charge in [0, 0.05) is 0 Å². The number of methoxy groups -OCH3 is 1. The molecular formula is C9H10BrN5O2. The molecule has 7 nitrogen and oxygen atoms in total. The number of aromatic nitrogens is 4. The predicted molar refractivity (Wildman–Crippen MR) is 62.6 cm³/mol. The molecule has 2 rings (SSSR count). The fourth-order valence-electron chi connectivity index (χ4n) is 1.15. The Bertz CT molecular complexity index is 516. The lowest BCUT2D eigenvalue weighted by molar-refractivity contribution is 0.378. The van der Waals surface area contributed by atoms with Crippen molar-refractivity contribution in [1.29, 1.82) is 0 Å².